The third kappa shape index (κ3) is 2.05. The summed E-state index contributed by atoms with van der Waals surface area (Å²) in [5.74, 6) is -0.784. The molecule has 0 fully saturated rings. The first kappa shape index (κ1) is 9.24. The number of H-pyrrole nitrogens is 2. The maximum Gasteiger partial charge on any atom is 0.326 e. The number of carbonyl (C=O) groups is 1. The van der Waals surface area contributed by atoms with Gasteiger partial charge in [0.1, 0.15) is 0 Å². The Morgan fingerprint density at radius 1 is 1.31 bits per heavy atom. The van der Waals surface area contributed by atoms with Crippen molar-refractivity contribution in [2.75, 3.05) is 0 Å². The first-order valence-electron chi connectivity index (χ1n) is 3.52. The number of aryl methyl sites for hydroxylation is 1. The van der Waals surface area contributed by atoms with Gasteiger partial charge < -0.3 is 9.72 Å². The minimum atomic E-state index is -0.712. The molecule has 1 aromatic rings. The summed E-state index contributed by atoms with van der Waals surface area (Å²) in [6.45, 7) is 2.64. The predicted molar refractivity (Wildman–Crippen MR) is 43.7 cm³/mol. The van der Waals surface area contributed by atoms with Crippen LogP contribution in [0.5, 0.6) is 5.75 Å². The summed E-state index contributed by atoms with van der Waals surface area (Å²) in [5, 5.41) is 0. The van der Waals surface area contributed by atoms with E-state index >= 15 is 0 Å². The normalized spacial score (nSPS) is 9.69. The van der Waals surface area contributed by atoms with Crippen LogP contribution in [0.4, 0.5) is 0 Å². The highest BCUT2D eigenvalue weighted by Gasteiger charge is 2.08. The highest BCUT2D eigenvalue weighted by molar-refractivity contribution is 5.69. The van der Waals surface area contributed by atoms with Gasteiger partial charge in [-0.2, -0.15) is 0 Å². The molecule has 0 aromatic carbocycles. The molecule has 6 heteroatoms. The molecule has 0 saturated heterocycles. The molecule has 0 aliphatic carbocycles. The monoisotopic (exact) mass is 184 g/mol. The highest BCUT2D eigenvalue weighted by atomic mass is 16.5. The van der Waals surface area contributed by atoms with Crippen molar-refractivity contribution in [3.63, 3.8) is 0 Å². The number of esters is 1. The zero-order valence-corrected chi connectivity index (χ0v) is 7.13. The number of nitrogens with one attached hydrogen (secondary N) is 2. The number of aromatic amines is 2. The van der Waals surface area contributed by atoms with Gasteiger partial charge in [-0.3, -0.25) is 14.6 Å². The fraction of sp³-hybridized carbons (Fsp3) is 0.286. The minimum Gasteiger partial charge on any atom is -0.419 e. The van der Waals surface area contributed by atoms with E-state index < -0.39 is 17.2 Å². The summed E-state index contributed by atoms with van der Waals surface area (Å²) < 4.78 is 4.58. The Balaban J connectivity index is 3.29. The minimum absolute atomic E-state index is 0.174. The summed E-state index contributed by atoms with van der Waals surface area (Å²) in [6.07, 6.45) is 0. The number of ether oxygens (including phenoxy) is 1. The lowest BCUT2D eigenvalue weighted by atomic mass is 10.4. The van der Waals surface area contributed by atoms with Crippen molar-refractivity contribution in [3.8, 4) is 5.75 Å². The summed E-state index contributed by atoms with van der Waals surface area (Å²) in [4.78, 5) is 36.5. The van der Waals surface area contributed by atoms with Crippen molar-refractivity contribution in [1.82, 2.24) is 9.97 Å². The SMILES string of the molecule is CC(=O)Oc1c(C)[nH]c(=O)[nH]c1=O. The standard InChI is InChI=1S/C7H8N2O4/c1-3-5(13-4(2)10)6(11)9-7(12)8-3/h1-2H3,(H2,8,9,11,12). The van der Waals surface area contributed by atoms with Crippen LogP contribution in [-0.2, 0) is 4.79 Å². The summed E-state index contributed by atoms with van der Waals surface area (Å²) in [5.41, 5.74) is -1.11. The largest absolute Gasteiger partial charge is 0.419 e. The van der Waals surface area contributed by atoms with Gasteiger partial charge in [-0.15, -0.1) is 0 Å². The molecule has 0 aliphatic heterocycles. The third-order valence-corrected chi connectivity index (χ3v) is 1.32. The fourth-order valence-corrected chi connectivity index (χ4v) is 0.855. The number of aromatic nitrogens is 2. The van der Waals surface area contributed by atoms with Crippen molar-refractivity contribution >= 4 is 5.97 Å². The Morgan fingerprint density at radius 3 is 2.38 bits per heavy atom. The van der Waals surface area contributed by atoms with Crippen molar-refractivity contribution < 1.29 is 9.53 Å². The summed E-state index contributed by atoms with van der Waals surface area (Å²) >= 11 is 0. The molecule has 0 saturated carbocycles. The Labute approximate surface area is 72.6 Å². The lowest BCUT2D eigenvalue weighted by Gasteiger charge is -2.01. The first-order chi connectivity index (χ1) is 6.00. The van der Waals surface area contributed by atoms with Gasteiger partial charge in [-0.25, -0.2) is 4.79 Å². The van der Waals surface area contributed by atoms with E-state index in [2.05, 4.69) is 9.72 Å². The molecule has 1 rings (SSSR count). The van der Waals surface area contributed by atoms with Gasteiger partial charge in [0, 0.05) is 6.92 Å². The second-order valence-corrected chi connectivity index (χ2v) is 2.46. The second-order valence-electron chi connectivity index (χ2n) is 2.46. The van der Waals surface area contributed by atoms with Crippen molar-refractivity contribution in [1.29, 1.82) is 0 Å². The van der Waals surface area contributed by atoms with Crippen LogP contribution in [0.3, 0.4) is 0 Å². The number of rotatable bonds is 1. The van der Waals surface area contributed by atoms with Crippen molar-refractivity contribution in [2.45, 2.75) is 13.8 Å². The maximum absolute atomic E-state index is 11.0. The molecule has 13 heavy (non-hydrogen) atoms. The molecule has 0 radical (unpaired) electrons. The zero-order chi connectivity index (χ0) is 10.0. The lowest BCUT2D eigenvalue weighted by Crippen LogP contribution is -2.26. The van der Waals surface area contributed by atoms with Crippen LogP contribution in [-0.4, -0.2) is 15.9 Å². The summed E-state index contributed by atoms with van der Waals surface area (Å²) in [7, 11) is 0. The average Bonchev–Trinajstić information content (AvgIpc) is 1.96. The molecule has 6 nitrogen and oxygen atoms in total. The van der Waals surface area contributed by atoms with E-state index in [1.54, 1.807) is 0 Å². The van der Waals surface area contributed by atoms with Crippen molar-refractivity contribution in [2.24, 2.45) is 0 Å². The van der Waals surface area contributed by atoms with Crippen molar-refractivity contribution in [3.05, 3.63) is 26.5 Å². The van der Waals surface area contributed by atoms with Gasteiger partial charge >= 0.3 is 11.7 Å². The van der Waals surface area contributed by atoms with Crippen LogP contribution in [0.2, 0.25) is 0 Å². The molecule has 2 N–H and O–H groups in total. The summed E-state index contributed by atoms with van der Waals surface area (Å²) in [6, 6.07) is 0. The fourth-order valence-electron chi connectivity index (χ4n) is 0.855. The smallest absolute Gasteiger partial charge is 0.326 e. The predicted octanol–water partition coefficient (Wildman–Crippen LogP) is -0.703. The van der Waals surface area contributed by atoms with Crippen LogP contribution >= 0.6 is 0 Å². The molecule has 70 valence electrons. The first-order valence-corrected chi connectivity index (χ1v) is 3.52. The van der Waals surface area contributed by atoms with E-state index in [4.69, 9.17) is 0 Å². The van der Waals surface area contributed by atoms with Crippen LogP contribution in [0.1, 0.15) is 12.6 Å². The van der Waals surface area contributed by atoms with Crippen LogP contribution in [0, 0.1) is 6.92 Å². The second kappa shape index (κ2) is 3.26. The zero-order valence-electron chi connectivity index (χ0n) is 7.13. The molecule has 0 amide bonds. The molecule has 0 spiro atoms. The molecule has 0 aliphatic rings. The molecule has 0 unspecified atom stereocenters. The van der Waals surface area contributed by atoms with E-state index in [-0.39, 0.29) is 11.4 Å². The van der Waals surface area contributed by atoms with E-state index in [1.807, 2.05) is 4.98 Å². The Morgan fingerprint density at radius 2 is 1.92 bits per heavy atom. The molecular formula is C7H8N2O4. The van der Waals surface area contributed by atoms with Gasteiger partial charge in [0.25, 0.3) is 5.56 Å². The van der Waals surface area contributed by atoms with Crippen LogP contribution < -0.4 is 16.0 Å². The molecule has 0 atom stereocenters. The average molecular weight is 184 g/mol. The van der Waals surface area contributed by atoms with E-state index in [0.717, 1.165) is 0 Å². The van der Waals surface area contributed by atoms with E-state index in [0.29, 0.717) is 0 Å². The van der Waals surface area contributed by atoms with Gasteiger partial charge in [-0.05, 0) is 6.92 Å². The molecule has 1 aromatic heterocycles. The van der Waals surface area contributed by atoms with Gasteiger partial charge in [0.15, 0.2) is 0 Å². The molecule has 1 heterocycles. The van der Waals surface area contributed by atoms with Crippen LogP contribution in [0.25, 0.3) is 0 Å². The molecular weight excluding hydrogens is 176 g/mol. The number of carbonyl (C=O) groups excluding carboxylic acids is 1. The number of hydrogen-bond acceptors (Lipinski definition) is 4. The van der Waals surface area contributed by atoms with Gasteiger partial charge in [-0.1, -0.05) is 0 Å². The van der Waals surface area contributed by atoms with E-state index in [1.165, 1.54) is 13.8 Å². The maximum atomic E-state index is 11.0. The van der Waals surface area contributed by atoms with E-state index in [9.17, 15) is 14.4 Å². The molecule has 0 bridgehead atoms. The Kier molecular flexibility index (Phi) is 2.32. The lowest BCUT2D eigenvalue weighted by molar-refractivity contribution is -0.132. The Bertz CT molecular complexity index is 443. The number of hydrogen-bond donors (Lipinski definition) is 2. The Hall–Kier alpha value is -1.85. The quantitative estimate of drug-likeness (QED) is 0.564. The highest BCUT2D eigenvalue weighted by Crippen LogP contribution is 2.04. The van der Waals surface area contributed by atoms with Gasteiger partial charge in [0.2, 0.25) is 5.75 Å². The topological polar surface area (TPSA) is 92.0 Å². The third-order valence-electron chi connectivity index (χ3n) is 1.32. The van der Waals surface area contributed by atoms with Crippen LogP contribution in [0.15, 0.2) is 9.59 Å². The van der Waals surface area contributed by atoms with Gasteiger partial charge in [0.05, 0.1) is 5.69 Å².